The van der Waals surface area contributed by atoms with Crippen LogP contribution in [0.4, 0.5) is 5.69 Å². The first-order chi connectivity index (χ1) is 9.13. The molecule has 3 rings (SSSR count). The normalized spacial score (nSPS) is 17.0. The van der Waals surface area contributed by atoms with Crippen LogP contribution in [0.1, 0.15) is 30.3 Å². The van der Waals surface area contributed by atoms with Gasteiger partial charge in [-0.2, -0.15) is 0 Å². The molecule has 0 saturated carbocycles. The molecule has 0 aliphatic carbocycles. The van der Waals surface area contributed by atoms with Gasteiger partial charge in [0.15, 0.2) is 5.69 Å². The summed E-state index contributed by atoms with van der Waals surface area (Å²) >= 11 is 0. The third-order valence-corrected chi connectivity index (χ3v) is 3.80. The van der Waals surface area contributed by atoms with E-state index < -0.39 is 5.97 Å². The lowest BCUT2D eigenvalue weighted by atomic mass is 9.99. The van der Waals surface area contributed by atoms with E-state index in [0.717, 1.165) is 24.7 Å². The van der Waals surface area contributed by atoms with Crippen molar-refractivity contribution < 1.29 is 9.90 Å². The van der Waals surface area contributed by atoms with Crippen molar-refractivity contribution in [1.29, 1.82) is 0 Å². The van der Waals surface area contributed by atoms with Gasteiger partial charge >= 0.3 is 5.97 Å². The van der Waals surface area contributed by atoms with E-state index in [4.69, 9.17) is 5.11 Å². The molecule has 1 aliphatic heterocycles. The van der Waals surface area contributed by atoms with E-state index in [2.05, 4.69) is 16.8 Å². The molecule has 5 heteroatoms. The number of aromatic carboxylic acids is 1. The van der Waals surface area contributed by atoms with Crippen molar-refractivity contribution in [3.05, 3.63) is 30.2 Å². The molecule has 0 atom stereocenters. The van der Waals surface area contributed by atoms with Crippen LogP contribution in [0.2, 0.25) is 0 Å². The predicted molar refractivity (Wildman–Crippen MR) is 72.8 cm³/mol. The van der Waals surface area contributed by atoms with Crippen molar-refractivity contribution in [2.45, 2.75) is 19.8 Å². The van der Waals surface area contributed by atoms with E-state index in [0.29, 0.717) is 5.65 Å². The van der Waals surface area contributed by atoms with Crippen LogP contribution in [0.25, 0.3) is 5.65 Å². The topological polar surface area (TPSA) is 57.8 Å². The summed E-state index contributed by atoms with van der Waals surface area (Å²) in [6.07, 6.45) is 5.95. The molecular weight excluding hydrogens is 242 g/mol. The van der Waals surface area contributed by atoms with Gasteiger partial charge < -0.3 is 14.4 Å². The number of carboxylic acid groups (broad SMARTS) is 1. The average Bonchev–Trinajstić information content (AvgIpc) is 2.82. The molecule has 19 heavy (non-hydrogen) atoms. The van der Waals surface area contributed by atoms with Gasteiger partial charge in [0, 0.05) is 25.5 Å². The Morgan fingerprint density at radius 3 is 2.74 bits per heavy atom. The molecule has 0 radical (unpaired) electrons. The summed E-state index contributed by atoms with van der Waals surface area (Å²) in [7, 11) is 0. The molecule has 1 saturated heterocycles. The van der Waals surface area contributed by atoms with Crippen LogP contribution in [-0.2, 0) is 0 Å². The van der Waals surface area contributed by atoms with Gasteiger partial charge in [0.1, 0.15) is 5.65 Å². The molecule has 1 fully saturated rings. The van der Waals surface area contributed by atoms with E-state index in [1.807, 2.05) is 18.3 Å². The summed E-state index contributed by atoms with van der Waals surface area (Å²) in [6.45, 7) is 4.41. The summed E-state index contributed by atoms with van der Waals surface area (Å²) in [5.41, 5.74) is 1.89. The highest BCUT2D eigenvalue weighted by atomic mass is 16.4. The fraction of sp³-hybridized carbons (Fsp3) is 0.429. The quantitative estimate of drug-likeness (QED) is 0.898. The number of pyridine rings is 1. The number of carboxylic acids is 1. The average molecular weight is 259 g/mol. The Balaban J connectivity index is 1.90. The Kier molecular flexibility index (Phi) is 2.89. The first kappa shape index (κ1) is 12.0. The minimum Gasteiger partial charge on any atom is -0.476 e. The number of aromatic nitrogens is 2. The van der Waals surface area contributed by atoms with Gasteiger partial charge in [0.2, 0.25) is 0 Å². The van der Waals surface area contributed by atoms with E-state index in [1.165, 1.54) is 12.8 Å². The van der Waals surface area contributed by atoms with Crippen LogP contribution in [0, 0.1) is 5.92 Å². The van der Waals surface area contributed by atoms with Gasteiger partial charge in [-0.25, -0.2) is 9.78 Å². The Labute approximate surface area is 111 Å². The van der Waals surface area contributed by atoms with Crippen molar-refractivity contribution in [2.24, 2.45) is 5.92 Å². The second-order valence-corrected chi connectivity index (χ2v) is 5.25. The lowest BCUT2D eigenvalue weighted by Gasteiger charge is -2.32. The second-order valence-electron chi connectivity index (χ2n) is 5.25. The maximum absolute atomic E-state index is 10.9. The largest absolute Gasteiger partial charge is 0.476 e. The first-order valence-corrected chi connectivity index (χ1v) is 6.60. The number of rotatable bonds is 2. The molecular formula is C14H17N3O2. The number of imidazole rings is 1. The number of hydrogen-bond acceptors (Lipinski definition) is 3. The Bertz CT molecular complexity index is 612. The monoisotopic (exact) mass is 259 g/mol. The van der Waals surface area contributed by atoms with Crippen molar-refractivity contribution in [1.82, 2.24) is 9.38 Å². The minimum absolute atomic E-state index is 0.0874. The predicted octanol–water partition coefficient (Wildman–Crippen LogP) is 2.27. The van der Waals surface area contributed by atoms with Crippen LogP contribution in [0.5, 0.6) is 0 Å². The van der Waals surface area contributed by atoms with E-state index >= 15 is 0 Å². The van der Waals surface area contributed by atoms with Crippen molar-refractivity contribution >= 4 is 17.3 Å². The van der Waals surface area contributed by atoms with Gasteiger partial charge in [-0.05, 0) is 30.9 Å². The zero-order valence-electron chi connectivity index (χ0n) is 10.9. The highest BCUT2D eigenvalue weighted by molar-refractivity contribution is 5.86. The van der Waals surface area contributed by atoms with Gasteiger partial charge in [-0.15, -0.1) is 0 Å². The molecule has 2 aromatic heterocycles. The highest BCUT2D eigenvalue weighted by Gasteiger charge is 2.17. The van der Waals surface area contributed by atoms with Gasteiger partial charge in [-0.3, -0.25) is 0 Å². The summed E-state index contributed by atoms with van der Waals surface area (Å²) in [5.74, 6) is -0.191. The Morgan fingerprint density at radius 1 is 1.32 bits per heavy atom. The molecule has 0 bridgehead atoms. The van der Waals surface area contributed by atoms with Crippen LogP contribution >= 0.6 is 0 Å². The molecule has 0 amide bonds. The zero-order valence-corrected chi connectivity index (χ0v) is 10.9. The van der Waals surface area contributed by atoms with Crippen LogP contribution in [-0.4, -0.2) is 33.6 Å². The van der Waals surface area contributed by atoms with Gasteiger partial charge in [0.05, 0.1) is 5.69 Å². The fourth-order valence-corrected chi connectivity index (χ4v) is 2.54. The van der Waals surface area contributed by atoms with E-state index in [-0.39, 0.29) is 5.69 Å². The lowest BCUT2D eigenvalue weighted by Crippen LogP contribution is -2.32. The number of piperidine rings is 1. The molecule has 1 aliphatic rings. The molecule has 2 aromatic rings. The molecule has 0 aromatic carbocycles. The maximum Gasteiger partial charge on any atom is 0.356 e. The number of carbonyl (C=O) groups is 1. The van der Waals surface area contributed by atoms with Gasteiger partial charge in [-0.1, -0.05) is 6.92 Å². The zero-order chi connectivity index (χ0) is 13.4. The summed E-state index contributed by atoms with van der Waals surface area (Å²) in [4.78, 5) is 17.3. The van der Waals surface area contributed by atoms with Crippen molar-refractivity contribution in [2.75, 3.05) is 18.0 Å². The number of fused-ring (bicyclic) bond motifs is 1. The summed E-state index contributed by atoms with van der Waals surface area (Å²) in [5, 5.41) is 8.95. The fourth-order valence-electron chi connectivity index (χ4n) is 2.54. The summed E-state index contributed by atoms with van der Waals surface area (Å²) in [6, 6.07) is 3.89. The van der Waals surface area contributed by atoms with Crippen molar-refractivity contribution in [3.8, 4) is 0 Å². The molecule has 3 heterocycles. The first-order valence-electron chi connectivity index (χ1n) is 6.60. The molecule has 5 nitrogen and oxygen atoms in total. The standard InChI is InChI=1S/C14H17N3O2/c1-10-4-6-16(7-5-10)11-2-3-13-15-12(14(18)19)9-17(13)8-11/h2-3,8-10H,4-7H2,1H3,(H,18,19). The SMILES string of the molecule is CC1CCN(c2ccc3nc(C(=O)O)cn3c2)CC1. The number of hydrogen-bond donors (Lipinski definition) is 1. The molecule has 1 N–H and O–H groups in total. The molecule has 0 spiro atoms. The smallest absolute Gasteiger partial charge is 0.356 e. The van der Waals surface area contributed by atoms with E-state index in [1.54, 1.807) is 10.6 Å². The third kappa shape index (κ3) is 2.28. The van der Waals surface area contributed by atoms with Crippen molar-refractivity contribution in [3.63, 3.8) is 0 Å². The number of anilines is 1. The summed E-state index contributed by atoms with van der Waals surface area (Å²) < 4.78 is 1.79. The van der Waals surface area contributed by atoms with Gasteiger partial charge in [0.25, 0.3) is 0 Å². The Morgan fingerprint density at radius 2 is 2.05 bits per heavy atom. The molecule has 100 valence electrons. The van der Waals surface area contributed by atoms with Crippen LogP contribution < -0.4 is 4.90 Å². The van der Waals surface area contributed by atoms with Crippen LogP contribution in [0.15, 0.2) is 24.5 Å². The highest BCUT2D eigenvalue weighted by Crippen LogP contribution is 2.23. The lowest BCUT2D eigenvalue weighted by molar-refractivity contribution is 0.0691. The maximum atomic E-state index is 10.9. The molecule has 0 unspecified atom stereocenters. The van der Waals surface area contributed by atoms with Crippen LogP contribution in [0.3, 0.4) is 0 Å². The van der Waals surface area contributed by atoms with E-state index in [9.17, 15) is 4.79 Å². The second kappa shape index (κ2) is 4.57. The Hall–Kier alpha value is -2.04. The third-order valence-electron chi connectivity index (χ3n) is 3.80. The number of nitrogens with zero attached hydrogens (tertiary/aromatic N) is 3. The minimum atomic E-state index is -0.989.